The molecule has 2 aromatic carbocycles. The van der Waals surface area contributed by atoms with Gasteiger partial charge in [0, 0.05) is 73.5 Å². The Hall–Kier alpha value is -4.46. The first kappa shape index (κ1) is 49.0. The van der Waals surface area contributed by atoms with Gasteiger partial charge in [0.05, 0.1) is 25.3 Å². The average molecular weight is 921 g/mol. The minimum absolute atomic E-state index is 0.0889. The van der Waals surface area contributed by atoms with Gasteiger partial charge in [-0.2, -0.15) is 0 Å². The van der Waals surface area contributed by atoms with Gasteiger partial charge in [-0.25, -0.2) is 0 Å². The van der Waals surface area contributed by atoms with Crippen molar-refractivity contribution in [1.82, 2.24) is 35.6 Å². The van der Waals surface area contributed by atoms with Crippen LogP contribution in [0, 0.1) is 11.8 Å². The van der Waals surface area contributed by atoms with Gasteiger partial charge < -0.3 is 45.3 Å². The van der Waals surface area contributed by atoms with Gasteiger partial charge in [0.15, 0.2) is 0 Å². The number of nitrogens with one attached hydrogen (secondary N) is 4. The first-order valence-electron chi connectivity index (χ1n) is 26.2. The molecule has 0 bridgehead atoms. The van der Waals surface area contributed by atoms with E-state index in [-0.39, 0.29) is 59.6 Å². The molecular weight excluding hydrogens is 841 g/mol. The van der Waals surface area contributed by atoms with Crippen LogP contribution in [-0.4, -0.2) is 128 Å². The molecule has 2 saturated heterocycles. The average Bonchev–Trinajstić information content (AvgIpc) is 4.18. The molecule has 366 valence electrons. The van der Waals surface area contributed by atoms with E-state index in [0.29, 0.717) is 19.1 Å². The molecule has 3 aromatic rings. The number of aromatic nitrogens is 1. The molecule has 7 atom stereocenters. The number of likely N-dealkylation sites (N-methyl/N-ethyl adjacent to an activating group) is 2. The van der Waals surface area contributed by atoms with Crippen LogP contribution in [0.4, 0.5) is 5.69 Å². The molecule has 13 heteroatoms. The number of likely N-dealkylation sites (tertiary alicyclic amines) is 2. The summed E-state index contributed by atoms with van der Waals surface area (Å²) >= 11 is 0. The lowest BCUT2D eigenvalue weighted by Crippen LogP contribution is -2.56. The van der Waals surface area contributed by atoms with Crippen LogP contribution in [0.5, 0.6) is 0 Å². The number of hydrogen-bond acceptors (Lipinski definition) is 8. The molecule has 1 unspecified atom stereocenters. The van der Waals surface area contributed by atoms with Crippen molar-refractivity contribution in [3.05, 3.63) is 65.9 Å². The number of ether oxygens (including phenoxy) is 1. The summed E-state index contributed by atoms with van der Waals surface area (Å²) in [5, 5.41) is 13.7. The lowest BCUT2D eigenvalue weighted by Gasteiger charge is -2.36. The second-order valence-electron chi connectivity index (χ2n) is 20.6. The first-order chi connectivity index (χ1) is 32.6. The Morgan fingerprint density at radius 2 is 1.21 bits per heavy atom. The van der Waals surface area contributed by atoms with Gasteiger partial charge in [-0.1, -0.05) is 74.9 Å². The van der Waals surface area contributed by atoms with Crippen molar-refractivity contribution in [3.8, 4) is 0 Å². The van der Waals surface area contributed by atoms with E-state index in [1.807, 2.05) is 13.8 Å². The zero-order chi connectivity index (χ0) is 46.9. The third kappa shape index (κ3) is 11.5. The van der Waals surface area contributed by atoms with Crippen LogP contribution in [0.2, 0.25) is 0 Å². The summed E-state index contributed by atoms with van der Waals surface area (Å²) in [5.41, 5.74) is 5.05. The minimum Gasteiger partial charge on any atom is -0.378 e. The summed E-state index contributed by atoms with van der Waals surface area (Å²) in [5.74, 6) is 0.682. The van der Waals surface area contributed by atoms with Gasteiger partial charge in [-0.3, -0.25) is 19.2 Å². The highest BCUT2D eigenvalue weighted by Gasteiger charge is 2.42. The van der Waals surface area contributed by atoms with Crippen LogP contribution in [0.3, 0.4) is 0 Å². The number of rotatable bonds is 20. The Morgan fingerprint density at radius 1 is 0.657 bits per heavy atom. The Bertz CT molecular complexity index is 2130. The van der Waals surface area contributed by atoms with Gasteiger partial charge in [0.25, 0.3) is 0 Å². The summed E-state index contributed by atoms with van der Waals surface area (Å²) in [6.07, 6.45) is 18.7. The van der Waals surface area contributed by atoms with E-state index in [0.717, 1.165) is 123 Å². The van der Waals surface area contributed by atoms with Crippen LogP contribution in [0.15, 0.2) is 54.7 Å². The SMILES string of the molecule is CN[C@@H](C)C(=O)N[C@H](C(=O)N1CCC[C@H]1Cc1cn(CCOCCN2CC(C[C@@H]3CCCN3C(=O)[C@@H](NC(=O)[C@H](C)NC)C3CCCCC3)c3ccccc32)c2ccccc12)C1CCCCC1. The van der Waals surface area contributed by atoms with Crippen molar-refractivity contribution >= 4 is 40.2 Å². The second kappa shape index (κ2) is 23.2. The first-order valence-corrected chi connectivity index (χ1v) is 26.2. The summed E-state index contributed by atoms with van der Waals surface area (Å²) in [6.45, 7) is 8.81. The highest BCUT2D eigenvalue weighted by atomic mass is 16.5. The van der Waals surface area contributed by atoms with Crippen molar-refractivity contribution in [1.29, 1.82) is 0 Å². The lowest BCUT2D eigenvalue weighted by molar-refractivity contribution is -0.139. The molecule has 4 fully saturated rings. The van der Waals surface area contributed by atoms with Crippen molar-refractivity contribution in [3.63, 3.8) is 0 Å². The van der Waals surface area contributed by atoms with E-state index < -0.39 is 12.1 Å². The molecule has 67 heavy (non-hydrogen) atoms. The molecule has 4 heterocycles. The van der Waals surface area contributed by atoms with Crippen molar-refractivity contribution in [2.24, 2.45) is 11.8 Å². The van der Waals surface area contributed by atoms with Crippen molar-refractivity contribution in [2.45, 2.75) is 165 Å². The van der Waals surface area contributed by atoms with Crippen LogP contribution < -0.4 is 26.2 Å². The summed E-state index contributed by atoms with van der Waals surface area (Å²) in [6, 6.07) is 15.9. The van der Waals surface area contributed by atoms with E-state index in [4.69, 9.17) is 4.74 Å². The Balaban J connectivity index is 0.863. The predicted octanol–water partition coefficient (Wildman–Crippen LogP) is 6.52. The van der Waals surface area contributed by atoms with Crippen LogP contribution in [0.25, 0.3) is 10.9 Å². The quantitative estimate of drug-likeness (QED) is 0.0941. The van der Waals surface area contributed by atoms with E-state index in [9.17, 15) is 19.2 Å². The predicted molar refractivity (Wildman–Crippen MR) is 266 cm³/mol. The number of fused-ring (bicyclic) bond motifs is 2. The maximum Gasteiger partial charge on any atom is 0.245 e. The van der Waals surface area contributed by atoms with Gasteiger partial charge >= 0.3 is 0 Å². The Kier molecular flexibility index (Phi) is 17.0. The number of para-hydroxylation sites is 2. The van der Waals surface area contributed by atoms with Crippen molar-refractivity contribution in [2.75, 3.05) is 58.4 Å². The number of carbonyl (C=O) groups excluding carboxylic acids is 4. The highest BCUT2D eigenvalue weighted by molar-refractivity contribution is 5.91. The fraction of sp³-hybridized carbons (Fsp3) is 0.667. The summed E-state index contributed by atoms with van der Waals surface area (Å²) < 4.78 is 8.72. The van der Waals surface area contributed by atoms with Gasteiger partial charge in [-0.15, -0.1) is 0 Å². The molecular formula is C54H80N8O5. The number of nitrogens with zero attached hydrogens (tertiary/aromatic N) is 4. The molecule has 0 spiro atoms. The Labute approximate surface area is 399 Å². The summed E-state index contributed by atoms with van der Waals surface area (Å²) in [7, 11) is 3.57. The van der Waals surface area contributed by atoms with E-state index in [1.165, 1.54) is 40.6 Å². The fourth-order valence-corrected chi connectivity index (χ4v) is 12.3. The monoisotopic (exact) mass is 921 g/mol. The van der Waals surface area contributed by atoms with Gasteiger partial charge in [0.2, 0.25) is 23.6 Å². The van der Waals surface area contributed by atoms with Crippen LogP contribution in [0.1, 0.15) is 127 Å². The number of amides is 4. The molecule has 2 aliphatic carbocycles. The van der Waals surface area contributed by atoms with Crippen LogP contribution >= 0.6 is 0 Å². The third-order valence-corrected chi connectivity index (χ3v) is 16.4. The zero-order valence-electron chi connectivity index (χ0n) is 41.0. The molecule has 4 amide bonds. The molecule has 3 aliphatic heterocycles. The molecule has 13 nitrogen and oxygen atoms in total. The van der Waals surface area contributed by atoms with E-state index in [1.54, 1.807) is 14.1 Å². The van der Waals surface area contributed by atoms with Crippen LogP contribution in [-0.2, 0) is 36.9 Å². The van der Waals surface area contributed by atoms with Gasteiger partial charge in [0.1, 0.15) is 12.1 Å². The fourth-order valence-electron chi connectivity index (χ4n) is 12.3. The lowest BCUT2D eigenvalue weighted by atomic mass is 9.83. The second-order valence-corrected chi connectivity index (χ2v) is 20.6. The normalized spacial score (nSPS) is 23.3. The third-order valence-electron chi connectivity index (χ3n) is 16.4. The smallest absolute Gasteiger partial charge is 0.245 e. The van der Waals surface area contributed by atoms with Crippen molar-refractivity contribution < 1.29 is 23.9 Å². The molecule has 0 radical (unpaired) electrons. The standard InChI is InChI=1S/C54H80N8O5/c1-37(55-3)51(63)57-49(39-17-7-5-8-18-39)53(65)61-27-15-21-43(61)33-41-35-59(47-25-13-11-23-45(41)47)29-31-67-32-30-60-36-42(46-24-12-14-26-48(46)60)34-44-22-16-28-62(44)54(66)50(40-19-9-6-10-20-40)58-52(64)38(2)56-4/h11-14,23-26,35,37-40,42-44,49-50,55-56H,5-10,15-22,27-34,36H2,1-4H3,(H,57,63)(H,58,64)/t37-,38-,42?,43-,44-,49-,50-/m0/s1. The minimum atomic E-state index is -0.478. The zero-order valence-corrected chi connectivity index (χ0v) is 41.0. The number of hydrogen-bond donors (Lipinski definition) is 4. The highest BCUT2D eigenvalue weighted by Crippen LogP contribution is 2.41. The molecule has 4 N–H and O–H groups in total. The number of benzene rings is 2. The maximum absolute atomic E-state index is 14.4. The van der Waals surface area contributed by atoms with Gasteiger partial charge in [-0.05, 0) is 127 Å². The summed E-state index contributed by atoms with van der Waals surface area (Å²) in [4.78, 5) is 61.8. The topological polar surface area (TPSA) is 140 Å². The largest absolute Gasteiger partial charge is 0.378 e. The Morgan fingerprint density at radius 3 is 1.84 bits per heavy atom. The van der Waals surface area contributed by atoms with E-state index in [2.05, 4.69) is 95.3 Å². The number of anilines is 1. The molecule has 2 saturated carbocycles. The molecule has 8 rings (SSSR count). The van der Waals surface area contributed by atoms with E-state index >= 15 is 0 Å². The molecule has 5 aliphatic rings. The number of carbonyl (C=O) groups is 4. The maximum atomic E-state index is 14.4. The molecule has 1 aromatic heterocycles.